The number of carboxylic acids is 1. The maximum absolute atomic E-state index is 11.5. The molecule has 2 rings (SSSR count). The molecule has 0 unspecified atom stereocenters. The van der Waals surface area contributed by atoms with E-state index in [0.29, 0.717) is 30.1 Å². The number of aryl methyl sites for hydroxylation is 2. The number of nitro benzene ring substituents is 1. The SMILES string of the molecule is COCCOCOc1ccc(Oc2c(C)cc([N+](=O)[O-])cc2C)cc1C(=O)O. The van der Waals surface area contributed by atoms with E-state index < -0.39 is 10.9 Å². The molecule has 0 atom stereocenters. The molecule has 0 fully saturated rings. The second kappa shape index (κ2) is 9.67. The molecule has 0 saturated carbocycles. The van der Waals surface area contributed by atoms with Crippen LogP contribution in [0.2, 0.25) is 0 Å². The zero-order valence-electron chi connectivity index (χ0n) is 15.8. The van der Waals surface area contributed by atoms with Crippen LogP contribution in [0.15, 0.2) is 30.3 Å². The van der Waals surface area contributed by atoms with Crippen molar-refractivity contribution in [2.45, 2.75) is 13.8 Å². The number of aromatic carboxylic acids is 1. The fourth-order valence-corrected chi connectivity index (χ4v) is 2.48. The monoisotopic (exact) mass is 391 g/mol. The van der Waals surface area contributed by atoms with Gasteiger partial charge in [0.2, 0.25) is 0 Å². The molecule has 0 bridgehead atoms. The first-order valence-corrected chi connectivity index (χ1v) is 8.33. The van der Waals surface area contributed by atoms with Gasteiger partial charge in [-0.25, -0.2) is 4.79 Å². The van der Waals surface area contributed by atoms with Crippen LogP contribution in [0.1, 0.15) is 21.5 Å². The van der Waals surface area contributed by atoms with E-state index in [1.165, 1.54) is 24.3 Å². The predicted molar refractivity (Wildman–Crippen MR) is 99.4 cm³/mol. The second-order valence-corrected chi connectivity index (χ2v) is 5.89. The smallest absolute Gasteiger partial charge is 0.339 e. The topological polar surface area (TPSA) is 117 Å². The highest BCUT2D eigenvalue weighted by Gasteiger charge is 2.17. The largest absolute Gasteiger partial charge is 0.478 e. The lowest BCUT2D eigenvalue weighted by molar-refractivity contribution is -0.385. The Labute approximate surface area is 161 Å². The van der Waals surface area contributed by atoms with Crippen LogP contribution in [0.25, 0.3) is 0 Å². The molecule has 2 aromatic carbocycles. The number of rotatable bonds is 10. The number of ether oxygens (including phenoxy) is 4. The van der Waals surface area contributed by atoms with Crippen LogP contribution < -0.4 is 9.47 Å². The predicted octanol–water partition coefficient (Wildman–Crippen LogP) is 3.70. The molecule has 150 valence electrons. The highest BCUT2D eigenvalue weighted by molar-refractivity contribution is 5.91. The Morgan fingerprint density at radius 3 is 2.39 bits per heavy atom. The van der Waals surface area contributed by atoms with Gasteiger partial charge in [0.25, 0.3) is 5.69 Å². The van der Waals surface area contributed by atoms with E-state index in [1.807, 2.05) is 0 Å². The minimum absolute atomic E-state index is 0.0363. The number of nitrogens with zero attached hydrogens (tertiary/aromatic N) is 1. The fraction of sp³-hybridized carbons (Fsp3) is 0.316. The Kier molecular flexibility index (Phi) is 7.30. The van der Waals surface area contributed by atoms with Crippen molar-refractivity contribution in [3.05, 3.63) is 57.1 Å². The van der Waals surface area contributed by atoms with Crippen molar-refractivity contribution >= 4 is 11.7 Å². The lowest BCUT2D eigenvalue weighted by Crippen LogP contribution is -2.10. The van der Waals surface area contributed by atoms with Crippen molar-refractivity contribution in [1.29, 1.82) is 0 Å². The van der Waals surface area contributed by atoms with Gasteiger partial charge >= 0.3 is 5.97 Å². The summed E-state index contributed by atoms with van der Waals surface area (Å²) in [5.74, 6) is -0.354. The molecule has 0 aromatic heterocycles. The van der Waals surface area contributed by atoms with E-state index in [2.05, 4.69) is 0 Å². The normalized spacial score (nSPS) is 10.5. The van der Waals surface area contributed by atoms with Gasteiger partial charge in [0.1, 0.15) is 22.8 Å². The van der Waals surface area contributed by atoms with Gasteiger partial charge in [-0.2, -0.15) is 0 Å². The molecule has 0 aliphatic carbocycles. The summed E-state index contributed by atoms with van der Waals surface area (Å²) in [6.45, 7) is 3.96. The number of methoxy groups -OCH3 is 1. The van der Waals surface area contributed by atoms with E-state index in [0.717, 1.165) is 0 Å². The van der Waals surface area contributed by atoms with Crippen LogP contribution in [-0.4, -0.2) is 43.1 Å². The Bertz CT molecular complexity index is 842. The maximum atomic E-state index is 11.5. The van der Waals surface area contributed by atoms with Crippen LogP contribution in [0.3, 0.4) is 0 Å². The molecular formula is C19H21NO8. The number of carbonyl (C=O) groups is 1. The Morgan fingerprint density at radius 2 is 1.82 bits per heavy atom. The van der Waals surface area contributed by atoms with Gasteiger partial charge in [-0.3, -0.25) is 10.1 Å². The van der Waals surface area contributed by atoms with Gasteiger partial charge in [0, 0.05) is 19.2 Å². The lowest BCUT2D eigenvalue weighted by Gasteiger charge is -2.14. The molecule has 0 aliphatic heterocycles. The minimum Gasteiger partial charge on any atom is -0.478 e. The number of nitro groups is 1. The van der Waals surface area contributed by atoms with E-state index in [9.17, 15) is 20.0 Å². The summed E-state index contributed by atoms with van der Waals surface area (Å²) >= 11 is 0. The zero-order valence-corrected chi connectivity index (χ0v) is 15.8. The summed E-state index contributed by atoms with van der Waals surface area (Å²) in [4.78, 5) is 22.0. The molecule has 0 heterocycles. The highest BCUT2D eigenvalue weighted by Crippen LogP contribution is 2.34. The third kappa shape index (κ3) is 5.41. The molecule has 0 amide bonds. The Morgan fingerprint density at radius 1 is 1.14 bits per heavy atom. The van der Waals surface area contributed by atoms with Crippen molar-refractivity contribution in [2.24, 2.45) is 0 Å². The molecule has 0 saturated heterocycles. The van der Waals surface area contributed by atoms with Crippen molar-refractivity contribution in [1.82, 2.24) is 0 Å². The third-order valence-electron chi connectivity index (χ3n) is 3.79. The summed E-state index contributed by atoms with van der Waals surface area (Å²) < 4.78 is 21.2. The second-order valence-electron chi connectivity index (χ2n) is 5.89. The standard InChI is InChI=1S/C19H21NO8/c1-12-8-14(20(23)24)9-13(2)18(12)28-15-4-5-17(16(10-15)19(21)22)27-11-26-7-6-25-3/h4-5,8-10H,6-7,11H2,1-3H3,(H,21,22). The lowest BCUT2D eigenvalue weighted by atomic mass is 10.1. The highest BCUT2D eigenvalue weighted by atomic mass is 16.7. The van der Waals surface area contributed by atoms with Crippen molar-refractivity contribution in [3.8, 4) is 17.2 Å². The first-order chi connectivity index (χ1) is 13.3. The van der Waals surface area contributed by atoms with Crippen LogP contribution in [0.4, 0.5) is 5.69 Å². The van der Waals surface area contributed by atoms with Gasteiger partial charge < -0.3 is 24.1 Å². The van der Waals surface area contributed by atoms with E-state index in [-0.39, 0.29) is 29.5 Å². The number of hydrogen-bond acceptors (Lipinski definition) is 7. The molecule has 0 spiro atoms. The van der Waals surface area contributed by atoms with E-state index in [4.69, 9.17) is 18.9 Å². The van der Waals surface area contributed by atoms with Crippen LogP contribution >= 0.6 is 0 Å². The summed E-state index contributed by atoms with van der Waals surface area (Å²) in [6, 6.07) is 7.14. The molecule has 0 aliphatic rings. The summed E-state index contributed by atoms with van der Waals surface area (Å²) in [7, 11) is 1.54. The van der Waals surface area contributed by atoms with E-state index >= 15 is 0 Å². The van der Waals surface area contributed by atoms with Crippen LogP contribution in [0.5, 0.6) is 17.2 Å². The molecule has 0 radical (unpaired) electrons. The van der Waals surface area contributed by atoms with Gasteiger partial charge in [-0.1, -0.05) is 0 Å². The van der Waals surface area contributed by atoms with E-state index in [1.54, 1.807) is 27.0 Å². The summed E-state index contributed by atoms with van der Waals surface area (Å²) in [5.41, 5.74) is 1.00. The van der Waals surface area contributed by atoms with Crippen LogP contribution in [-0.2, 0) is 9.47 Å². The van der Waals surface area contributed by atoms with Gasteiger partial charge in [-0.05, 0) is 43.2 Å². The number of benzene rings is 2. The maximum Gasteiger partial charge on any atom is 0.339 e. The molecular weight excluding hydrogens is 370 g/mol. The average molecular weight is 391 g/mol. The Hall–Kier alpha value is -3.17. The van der Waals surface area contributed by atoms with Gasteiger partial charge in [-0.15, -0.1) is 0 Å². The minimum atomic E-state index is -1.19. The average Bonchev–Trinajstić information content (AvgIpc) is 2.64. The van der Waals surface area contributed by atoms with Gasteiger partial charge in [0.15, 0.2) is 6.79 Å². The number of carboxylic acid groups (broad SMARTS) is 1. The third-order valence-corrected chi connectivity index (χ3v) is 3.79. The molecule has 9 heteroatoms. The number of non-ortho nitro benzene ring substituents is 1. The molecule has 2 aromatic rings. The van der Waals surface area contributed by atoms with Crippen molar-refractivity contribution in [2.75, 3.05) is 27.1 Å². The van der Waals surface area contributed by atoms with Crippen molar-refractivity contribution in [3.63, 3.8) is 0 Å². The summed E-state index contributed by atoms with van der Waals surface area (Å²) in [5, 5.41) is 20.4. The molecule has 1 N–H and O–H groups in total. The fourth-order valence-electron chi connectivity index (χ4n) is 2.48. The molecule has 28 heavy (non-hydrogen) atoms. The van der Waals surface area contributed by atoms with Crippen LogP contribution in [0, 0.1) is 24.0 Å². The quantitative estimate of drug-likeness (QED) is 0.282. The summed E-state index contributed by atoms with van der Waals surface area (Å²) in [6.07, 6.45) is 0. The first kappa shape index (κ1) is 21.1. The molecule has 9 nitrogen and oxygen atoms in total. The zero-order chi connectivity index (χ0) is 20.7. The van der Waals surface area contributed by atoms with Crippen molar-refractivity contribution < 1.29 is 33.8 Å². The number of hydrogen-bond donors (Lipinski definition) is 1. The van der Waals surface area contributed by atoms with Gasteiger partial charge in [0.05, 0.1) is 18.1 Å². The first-order valence-electron chi connectivity index (χ1n) is 8.33. The Balaban J connectivity index is 2.20.